The van der Waals surface area contributed by atoms with Crippen molar-refractivity contribution in [3.63, 3.8) is 0 Å². The van der Waals surface area contributed by atoms with Gasteiger partial charge in [-0.2, -0.15) is 0 Å². The van der Waals surface area contributed by atoms with Crippen LogP contribution in [0.25, 0.3) is 0 Å². The van der Waals surface area contributed by atoms with E-state index in [1.165, 1.54) is 20.3 Å². The number of hydrogen-bond acceptors (Lipinski definition) is 3. The lowest BCUT2D eigenvalue weighted by molar-refractivity contribution is 0.0986. The third kappa shape index (κ3) is 2.97. The number of carbonyl (C=O) groups is 1. The first-order valence-electron chi connectivity index (χ1n) is 5.14. The number of alkyl halides is 1. The number of ether oxygens (including phenoxy) is 2. The van der Waals surface area contributed by atoms with E-state index in [0.717, 1.165) is 6.07 Å². The summed E-state index contributed by atoms with van der Waals surface area (Å²) in [5, 5.41) is 0. The summed E-state index contributed by atoms with van der Waals surface area (Å²) in [6.45, 7) is 1.84. The number of methoxy groups -OCH3 is 2. The number of ketones is 1. The Morgan fingerprint density at radius 1 is 1.35 bits per heavy atom. The highest BCUT2D eigenvalue weighted by molar-refractivity contribution is 9.10. The molecule has 0 aliphatic rings. The first-order chi connectivity index (χ1) is 8.04. The molecule has 0 N–H and O–H groups in total. The molecule has 1 rings (SSSR count). The van der Waals surface area contributed by atoms with Gasteiger partial charge >= 0.3 is 0 Å². The summed E-state index contributed by atoms with van der Waals surface area (Å²) in [5.41, 5.74) is 0.00590. The fourth-order valence-electron chi connectivity index (χ4n) is 1.40. The molecule has 0 saturated carbocycles. The number of carbonyl (C=O) groups excluding carboxylic acids is 1. The third-order valence-electron chi connectivity index (χ3n) is 2.38. The van der Waals surface area contributed by atoms with E-state index in [0.29, 0.717) is 12.2 Å². The standard InChI is InChI=1S/C12H14BrFO3/c1-4-8(13)12(15)7-5-10(16-2)11(17-3)6-9(7)14/h5-6,8H,4H2,1-3H3. The van der Waals surface area contributed by atoms with E-state index < -0.39 is 10.6 Å². The molecular weight excluding hydrogens is 291 g/mol. The monoisotopic (exact) mass is 304 g/mol. The maximum atomic E-state index is 13.7. The van der Waals surface area contributed by atoms with Gasteiger partial charge in [-0.05, 0) is 12.5 Å². The summed E-state index contributed by atoms with van der Waals surface area (Å²) >= 11 is 3.21. The number of halogens is 2. The molecule has 0 aromatic heterocycles. The van der Waals surface area contributed by atoms with E-state index in [2.05, 4.69) is 15.9 Å². The number of Topliss-reactive ketones (excluding diaryl/α,β-unsaturated/α-hetero) is 1. The second kappa shape index (κ2) is 6.00. The van der Waals surface area contributed by atoms with Gasteiger partial charge in [-0.25, -0.2) is 4.39 Å². The van der Waals surface area contributed by atoms with Crippen LogP contribution in [0.5, 0.6) is 11.5 Å². The molecule has 0 fully saturated rings. The molecule has 1 aromatic carbocycles. The van der Waals surface area contributed by atoms with Crippen molar-refractivity contribution in [3.05, 3.63) is 23.5 Å². The van der Waals surface area contributed by atoms with Crippen LogP contribution in [0.3, 0.4) is 0 Å². The Balaban J connectivity index is 3.21. The number of rotatable bonds is 5. The molecule has 0 radical (unpaired) electrons. The minimum absolute atomic E-state index is 0.00590. The highest BCUT2D eigenvalue weighted by Gasteiger charge is 2.21. The molecule has 0 spiro atoms. The van der Waals surface area contributed by atoms with E-state index in [1.54, 1.807) is 0 Å². The van der Waals surface area contributed by atoms with Gasteiger partial charge in [0.05, 0.1) is 24.6 Å². The van der Waals surface area contributed by atoms with Crippen LogP contribution in [-0.4, -0.2) is 24.8 Å². The van der Waals surface area contributed by atoms with Crippen LogP contribution in [0.2, 0.25) is 0 Å². The summed E-state index contributed by atoms with van der Waals surface area (Å²) in [6.07, 6.45) is 0.590. The molecule has 0 amide bonds. The van der Waals surface area contributed by atoms with Crippen molar-refractivity contribution in [2.75, 3.05) is 14.2 Å². The van der Waals surface area contributed by atoms with Gasteiger partial charge in [0.1, 0.15) is 5.82 Å². The summed E-state index contributed by atoms with van der Waals surface area (Å²) in [5.74, 6) is -0.297. The molecular formula is C12H14BrFO3. The average Bonchev–Trinajstić information content (AvgIpc) is 2.36. The van der Waals surface area contributed by atoms with Crippen LogP contribution >= 0.6 is 15.9 Å². The van der Waals surface area contributed by atoms with Crippen molar-refractivity contribution < 1.29 is 18.7 Å². The highest BCUT2D eigenvalue weighted by Crippen LogP contribution is 2.31. The minimum atomic E-state index is -0.606. The fraction of sp³-hybridized carbons (Fsp3) is 0.417. The Hall–Kier alpha value is -1.10. The van der Waals surface area contributed by atoms with Gasteiger partial charge in [0, 0.05) is 6.07 Å². The predicted octanol–water partition coefficient (Wildman–Crippen LogP) is 3.20. The summed E-state index contributed by atoms with van der Waals surface area (Å²) in [7, 11) is 2.85. The number of hydrogen-bond donors (Lipinski definition) is 0. The third-order valence-corrected chi connectivity index (χ3v) is 3.44. The SMILES string of the molecule is CCC(Br)C(=O)c1cc(OC)c(OC)cc1F. The Morgan fingerprint density at radius 3 is 2.35 bits per heavy atom. The minimum Gasteiger partial charge on any atom is -0.493 e. The van der Waals surface area contributed by atoms with Crippen molar-refractivity contribution in [3.8, 4) is 11.5 Å². The van der Waals surface area contributed by atoms with Gasteiger partial charge < -0.3 is 9.47 Å². The van der Waals surface area contributed by atoms with Crippen molar-refractivity contribution in [2.45, 2.75) is 18.2 Å². The normalized spacial score (nSPS) is 12.1. The topological polar surface area (TPSA) is 35.5 Å². The van der Waals surface area contributed by atoms with E-state index in [1.807, 2.05) is 6.92 Å². The van der Waals surface area contributed by atoms with Gasteiger partial charge in [-0.3, -0.25) is 4.79 Å². The Kier molecular flexibility index (Phi) is 4.93. The maximum absolute atomic E-state index is 13.7. The molecule has 1 unspecified atom stereocenters. The quantitative estimate of drug-likeness (QED) is 0.619. The van der Waals surface area contributed by atoms with Crippen molar-refractivity contribution in [1.29, 1.82) is 0 Å². The van der Waals surface area contributed by atoms with Crippen LogP contribution in [-0.2, 0) is 0 Å². The van der Waals surface area contributed by atoms with Crippen LogP contribution in [0.4, 0.5) is 4.39 Å². The van der Waals surface area contributed by atoms with E-state index >= 15 is 0 Å². The first-order valence-corrected chi connectivity index (χ1v) is 6.06. The van der Waals surface area contributed by atoms with Gasteiger partial charge in [0.15, 0.2) is 17.3 Å². The van der Waals surface area contributed by atoms with Crippen LogP contribution < -0.4 is 9.47 Å². The second-order valence-electron chi connectivity index (χ2n) is 3.43. The molecule has 3 nitrogen and oxygen atoms in total. The molecule has 94 valence electrons. The molecule has 0 saturated heterocycles. The zero-order valence-electron chi connectivity index (χ0n) is 9.92. The Bertz CT molecular complexity index is 420. The first kappa shape index (κ1) is 14.0. The highest BCUT2D eigenvalue weighted by atomic mass is 79.9. The van der Waals surface area contributed by atoms with E-state index in [-0.39, 0.29) is 17.1 Å². The van der Waals surface area contributed by atoms with Crippen LogP contribution in [0, 0.1) is 5.82 Å². The van der Waals surface area contributed by atoms with Crippen LogP contribution in [0.1, 0.15) is 23.7 Å². The van der Waals surface area contributed by atoms with Gasteiger partial charge in [-0.1, -0.05) is 22.9 Å². The Morgan fingerprint density at radius 2 is 1.88 bits per heavy atom. The largest absolute Gasteiger partial charge is 0.493 e. The smallest absolute Gasteiger partial charge is 0.179 e. The van der Waals surface area contributed by atoms with Crippen molar-refractivity contribution in [1.82, 2.24) is 0 Å². The molecule has 0 heterocycles. The Labute approximate surface area is 108 Å². The summed E-state index contributed by atoms with van der Waals surface area (Å²) in [6, 6.07) is 2.52. The lowest BCUT2D eigenvalue weighted by Crippen LogP contribution is -2.15. The predicted molar refractivity (Wildman–Crippen MR) is 66.8 cm³/mol. The number of benzene rings is 1. The van der Waals surface area contributed by atoms with Gasteiger partial charge in [0.25, 0.3) is 0 Å². The molecule has 0 aliphatic heterocycles. The lowest BCUT2D eigenvalue weighted by Gasteiger charge is -2.12. The molecule has 17 heavy (non-hydrogen) atoms. The van der Waals surface area contributed by atoms with Gasteiger partial charge in [0.2, 0.25) is 0 Å². The molecule has 0 aliphatic carbocycles. The average molecular weight is 305 g/mol. The maximum Gasteiger partial charge on any atom is 0.179 e. The van der Waals surface area contributed by atoms with Crippen molar-refractivity contribution >= 4 is 21.7 Å². The lowest BCUT2D eigenvalue weighted by atomic mass is 10.1. The van der Waals surface area contributed by atoms with Crippen molar-refractivity contribution in [2.24, 2.45) is 0 Å². The molecule has 1 atom stereocenters. The zero-order chi connectivity index (χ0) is 13.0. The van der Waals surface area contributed by atoms with Gasteiger partial charge in [-0.15, -0.1) is 0 Å². The second-order valence-corrected chi connectivity index (χ2v) is 4.53. The summed E-state index contributed by atoms with van der Waals surface area (Å²) < 4.78 is 23.7. The van der Waals surface area contributed by atoms with E-state index in [9.17, 15) is 9.18 Å². The molecule has 1 aromatic rings. The zero-order valence-corrected chi connectivity index (χ0v) is 11.5. The summed E-state index contributed by atoms with van der Waals surface area (Å²) in [4.78, 5) is 11.5. The molecule has 0 bridgehead atoms. The fourth-order valence-corrected chi connectivity index (χ4v) is 1.64. The van der Waals surface area contributed by atoms with Crippen LogP contribution in [0.15, 0.2) is 12.1 Å². The molecule has 5 heteroatoms. The van der Waals surface area contributed by atoms with E-state index in [4.69, 9.17) is 9.47 Å².